The second kappa shape index (κ2) is 8.91. The van der Waals surface area contributed by atoms with Gasteiger partial charge in [0, 0.05) is 17.2 Å². The van der Waals surface area contributed by atoms with Crippen molar-refractivity contribution >= 4 is 17.7 Å². The maximum absolute atomic E-state index is 13.3. The molecule has 0 unspecified atom stereocenters. The number of furan rings is 1. The van der Waals surface area contributed by atoms with Crippen molar-refractivity contribution in [2.45, 2.75) is 54.1 Å². The standard InChI is InChI=1S/C21H28N2O5/c1-7-27-21(26)18-13(4)17(14(5)22-18)19(24)15(6)23(20(25)12(2)3)11-16-9-8-10-28-16/h8-10,12,15,22H,7,11H2,1-6H3/t15-/m1/s1. The van der Waals surface area contributed by atoms with Gasteiger partial charge in [-0.1, -0.05) is 13.8 Å². The summed E-state index contributed by atoms with van der Waals surface area (Å²) in [6.07, 6.45) is 1.53. The Morgan fingerprint density at radius 3 is 2.43 bits per heavy atom. The Balaban J connectivity index is 2.37. The average molecular weight is 388 g/mol. The summed E-state index contributed by atoms with van der Waals surface area (Å²) in [5, 5.41) is 0. The lowest BCUT2D eigenvalue weighted by Gasteiger charge is -2.29. The predicted molar refractivity (Wildman–Crippen MR) is 104 cm³/mol. The number of esters is 1. The molecule has 0 aliphatic carbocycles. The topological polar surface area (TPSA) is 92.6 Å². The van der Waals surface area contributed by atoms with E-state index in [1.54, 1.807) is 53.7 Å². The number of carbonyl (C=O) groups excluding carboxylic acids is 3. The minimum absolute atomic E-state index is 0.145. The van der Waals surface area contributed by atoms with Crippen molar-refractivity contribution in [3.05, 3.63) is 46.7 Å². The van der Waals surface area contributed by atoms with Crippen LogP contribution in [-0.2, 0) is 16.1 Å². The summed E-state index contributed by atoms with van der Waals surface area (Å²) in [7, 11) is 0. The fourth-order valence-electron chi connectivity index (χ4n) is 3.19. The molecule has 0 spiro atoms. The Kier molecular flexibility index (Phi) is 6.83. The van der Waals surface area contributed by atoms with Gasteiger partial charge in [-0.2, -0.15) is 0 Å². The maximum Gasteiger partial charge on any atom is 0.355 e. The molecule has 7 nitrogen and oxygen atoms in total. The molecule has 0 aliphatic rings. The van der Waals surface area contributed by atoms with Gasteiger partial charge in [-0.15, -0.1) is 0 Å². The van der Waals surface area contributed by atoms with Crippen LogP contribution in [0.25, 0.3) is 0 Å². The first-order valence-electron chi connectivity index (χ1n) is 9.42. The van der Waals surface area contributed by atoms with Crippen LogP contribution in [0.15, 0.2) is 22.8 Å². The third-order valence-corrected chi connectivity index (χ3v) is 4.69. The van der Waals surface area contributed by atoms with Gasteiger partial charge < -0.3 is 19.0 Å². The molecule has 2 rings (SSSR count). The van der Waals surface area contributed by atoms with Crippen molar-refractivity contribution in [3.63, 3.8) is 0 Å². The van der Waals surface area contributed by atoms with Gasteiger partial charge in [0.2, 0.25) is 5.91 Å². The smallest absolute Gasteiger partial charge is 0.355 e. The fourth-order valence-corrected chi connectivity index (χ4v) is 3.19. The lowest BCUT2D eigenvalue weighted by Crippen LogP contribution is -2.44. The highest BCUT2D eigenvalue weighted by Crippen LogP contribution is 2.23. The number of hydrogen-bond donors (Lipinski definition) is 1. The van der Waals surface area contributed by atoms with Crippen molar-refractivity contribution in [3.8, 4) is 0 Å². The molecule has 2 heterocycles. The number of hydrogen-bond acceptors (Lipinski definition) is 5. The molecular formula is C21H28N2O5. The molecule has 0 fully saturated rings. The number of nitrogens with zero attached hydrogens (tertiary/aromatic N) is 1. The van der Waals surface area contributed by atoms with Crippen LogP contribution in [0.2, 0.25) is 0 Å². The van der Waals surface area contributed by atoms with Crippen LogP contribution in [0, 0.1) is 19.8 Å². The molecule has 152 valence electrons. The summed E-state index contributed by atoms with van der Waals surface area (Å²) >= 11 is 0. The molecule has 0 aromatic carbocycles. The summed E-state index contributed by atoms with van der Waals surface area (Å²) in [4.78, 5) is 42.6. The van der Waals surface area contributed by atoms with Crippen LogP contribution < -0.4 is 0 Å². The average Bonchev–Trinajstić information content (AvgIpc) is 3.25. The summed E-state index contributed by atoms with van der Waals surface area (Å²) in [5.41, 5.74) is 1.79. The molecule has 1 N–H and O–H groups in total. The summed E-state index contributed by atoms with van der Waals surface area (Å²) in [6, 6.07) is 2.79. The van der Waals surface area contributed by atoms with E-state index >= 15 is 0 Å². The van der Waals surface area contributed by atoms with Crippen LogP contribution in [0.5, 0.6) is 0 Å². The molecule has 28 heavy (non-hydrogen) atoms. The van der Waals surface area contributed by atoms with Crippen LogP contribution >= 0.6 is 0 Å². The summed E-state index contributed by atoms with van der Waals surface area (Å²) < 4.78 is 10.4. The van der Waals surface area contributed by atoms with Gasteiger partial charge in [-0.3, -0.25) is 9.59 Å². The zero-order valence-electron chi connectivity index (χ0n) is 17.3. The van der Waals surface area contributed by atoms with Gasteiger partial charge in [0.1, 0.15) is 11.5 Å². The zero-order valence-corrected chi connectivity index (χ0v) is 17.3. The van der Waals surface area contributed by atoms with Gasteiger partial charge in [0.05, 0.1) is 25.5 Å². The predicted octanol–water partition coefficient (Wildman–Crippen LogP) is 3.66. The number of aromatic amines is 1. The van der Waals surface area contributed by atoms with Crippen LogP contribution in [0.3, 0.4) is 0 Å². The second-order valence-electron chi connectivity index (χ2n) is 7.09. The second-order valence-corrected chi connectivity index (χ2v) is 7.09. The molecule has 7 heteroatoms. The molecule has 2 aromatic rings. The molecule has 0 radical (unpaired) electrons. The van der Waals surface area contributed by atoms with Crippen LogP contribution in [0.4, 0.5) is 0 Å². The van der Waals surface area contributed by atoms with Gasteiger partial charge in [0.25, 0.3) is 0 Å². The summed E-state index contributed by atoms with van der Waals surface area (Å²) in [5.74, 6) is -0.548. The minimum Gasteiger partial charge on any atom is -0.467 e. The van der Waals surface area contributed by atoms with E-state index in [0.717, 1.165) is 0 Å². The SMILES string of the molecule is CCOC(=O)c1[nH]c(C)c(C(=O)[C@@H](C)N(Cc2ccco2)C(=O)C(C)C)c1C. The van der Waals surface area contributed by atoms with E-state index in [0.29, 0.717) is 22.6 Å². The molecule has 0 saturated carbocycles. The molecule has 2 aromatic heterocycles. The highest BCUT2D eigenvalue weighted by atomic mass is 16.5. The third-order valence-electron chi connectivity index (χ3n) is 4.69. The van der Waals surface area contributed by atoms with E-state index in [1.165, 1.54) is 11.2 Å². The van der Waals surface area contributed by atoms with Crippen molar-refractivity contribution in [2.75, 3.05) is 6.61 Å². The number of rotatable bonds is 8. The Bertz CT molecular complexity index is 849. The Morgan fingerprint density at radius 1 is 1.21 bits per heavy atom. The van der Waals surface area contributed by atoms with E-state index in [1.807, 2.05) is 0 Å². The van der Waals surface area contributed by atoms with Crippen molar-refractivity contribution < 1.29 is 23.5 Å². The van der Waals surface area contributed by atoms with Gasteiger partial charge in [0.15, 0.2) is 5.78 Å². The van der Waals surface area contributed by atoms with Crippen LogP contribution in [-0.4, -0.2) is 40.2 Å². The number of aromatic nitrogens is 1. The minimum atomic E-state index is -0.719. The first kappa shape index (κ1) is 21.5. The number of Topliss-reactive ketones (excluding diaryl/α,β-unsaturated/α-hetero) is 1. The lowest BCUT2D eigenvalue weighted by atomic mass is 9.99. The van der Waals surface area contributed by atoms with Crippen molar-refractivity contribution in [2.24, 2.45) is 5.92 Å². The fraction of sp³-hybridized carbons (Fsp3) is 0.476. The largest absolute Gasteiger partial charge is 0.467 e. The van der Waals surface area contributed by atoms with E-state index in [2.05, 4.69) is 4.98 Å². The van der Waals surface area contributed by atoms with Gasteiger partial charge >= 0.3 is 5.97 Å². The van der Waals surface area contributed by atoms with Crippen LogP contribution in [0.1, 0.15) is 65.6 Å². The van der Waals surface area contributed by atoms with E-state index in [-0.39, 0.29) is 36.5 Å². The van der Waals surface area contributed by atoms with E-state index in [4.69, 9.17) is 9.15 Å². The molecule has 0 bridgehead atoms. The molecule has 1 atom stereocenters. The molecular weight excluding hydrogens is 360 g/mol. The quantitative estimate of drug-likeness (QED) is 0.550. The number of aryl methyl sites for hydroxylation is 1. The number of carbonyl (C=O) groups is 3. The number of ketones is 1. The lowest BCUT2D eigenvalue weighted by molar-refractivity contribution is -0.136. The monoisotopic (exact) mass is 388 g/mol. The number of nitrogens with one attached hydrogen (secondary N) is 1. The number of amides is 1. The number of H-pyrrole nitrogens is 1. The maximum atomic E-state index is 13.3. The normalized spacial score (nSPS) is 12.1. The molecule has 0 saturated heterocycles. The van der Waals surface area contributed by atoms with Gasteiger partial charge in [-0.25, -0.2) is 4.79 Å². The van der Waals surface area contributed by atoms with Crippen molar-refractivity contribution in [1.29, 1.82) is 0 Å². The first-order valence-corrected chi connectivity index (χ1v) is 9.42. The molecule has 1 amide bonds. The zero-order chi connectivity index (χ0) is 21.0. The van der Waals surface area contributed by atoms with E-state index < -0.39 is 12.0 Å². The Labute approximate surface area is 165 Å². The van der Waals surface area contributed by atoms with Crippen molar-refractivity contribution in [1.82, 2.24) is 9.88 Å². The summed E-state index contributed by atoms with van der Waals surface area (Å²) in [6.45, 7) is 10.9. The first-order chi connectivity index (χ1) is 13.2. The third kappa shape index (κ3) is 4.35. The van der Waals surface area contributed by atoms with E-state index in [9.17, 15) is 14.4 Å². The highest BCUT2D eigenvalue weighted by molar-refractivity contribution is 6.06. The van der Waals surface area contributed by atoms with Gasteiger partial charge in [-0.05, 0) is 45.4 Å². The molecule has 0 aliphatic heterocycles. The Hall–Kier alpha value is -2.83. The Morgan fingerprint density at radius 2 is 1.89 bits per heavy atom. The highest BCUT2D eigenvalue weighted by Gasteiger charge is 2.32. The number of ether oxygens (including phenoxy) is 1.